The maximum Gasteiger partial charge on any atom is 0.374 e. The number of hydrogen-bond acceptors (Lipinski definition) is 20. The van der Waals surface area contributed by atoms with Crippen LogP contribution in [0.2, 0.25) is 0 Å². The van der Waals surface area contributed by atoms with Crippen molar-refractivity contribution in [3.8, 4) is 0 Å². The van der Waals surface area contributed by atoms with Crippen LogP contribution in [0.3, 0.4) is 0 Å². The number of carboxylic acid groups (broad SMARTS) is 2. The molecule has 23 heteroatoms. The summed E-state index contributed by atoms with van der Waals surface area (Å²) in [6.07, 6.45) is 22.0. The third-order valence-electron chi connectivity index (χ3n) is 9.50. The Labute approximate surface area is 522 Å². The summed E-state index contributed by atoms with van der Waals surface area (Å²) in [5, 5.41) is 29.6. The van der Waals surface area contributed by atoms with Gasteiger partial charge in [0, 0.05) is 81.5 Å². The van der Waals surface area contributed by atoms with Gasteiger partial charge in [0.15, 0.2) is 0 Å². The predicted octanol–water partition coefficient (Wildman–Crippen LogP) is 11.4. The molecule has 2 saturated carbocycles. The molecular formula is C63H116ClNO21. The Hall–Kier alpha value is -6.62. The maximum atomic E-state index is 10.7. The number of Topliss-reactive ketones (excluding diaryl/α,β-unsaturated/α-hetero) is 3. The second-order valence-electron chi connectivity index (χ2n) is 18.2. The number of halogens is 1. The molecule has 0 aromatic heterocycles. The molecule has 0 aliphatic heterocycles. The number of ketones is 3. The number of allylic oxidation sites excluding steroid dienone is 5. The van der Waals surface area contributed by atoms with Gasteiger partial charge in [0.25, 0.3) is 0 Å². The lowest BCUT2D eigenvalue weighted by atomic mass is 9.89. The molecule has 4 N–H and O–H groups in total. The van der Waals surface area contributed by atoms with E-state index in [1.54, 1.807) is 54.5 Å². The van der Waals surface area contributed by atoms with Crippen LogP contribution < -0.4 is 0 Å². The van der Waals surface area contributed by atoms with Gasteiger partial charge < -0.3 is 58.5 Å². The van der Waals surface area contributed by atoms with E-state index in [0.29, 0.717) is 23.3 Å². The molecule has 0 heterocycles. The quantitative estimate of drug-likeness (QED) is 0.0491. The Morgan fingerprint density at radius 2 is 0.802 bits per heavy atom. The summed E-state index contributed by atoms with van der Waals surface area (Å²) in [5.74, 6) is -5.66. The Morgan fingerprint density at radius 1 is 0.500 bits per heavy atom. The molecule has 0 aromatic carbocycles. The molecule has 86 heavy (non-hydrogen) atoms. The minimum atomic E-state index is -1.38. The first-order valence-electron chi connectivity index (χ1n) is 26.8. The molecule has 0 spiro atoms. The number of carbonyl (C=O) groups is 11. The number of esters is 6. The standard InChI is InChI=1S/C13H25N.2C7H12O2.2C6H10O2.2C5H8O2.C4H6O3.C3H4O3.C3H6O.CH3Cl.2CH4O.CH4/c1-14(12-8-4-2-5-9-12)13-10-6-3-7-11-13;1-5(2)6(3)7(8)9-4;1-4-9-7(8)5-6(2)3;1-5(2)4-6(7)8-3;1-4-5(2)6(7)8-3;1-4(2)5(6)7-3;1-4(2)3-5(6)7;1-3(5)4(6)7-2;1-2(4)3(5)6;1-3(2)4;3*1-2;/h12-13H,2-11H2,1H3;1-4H3;5H,4H2,1-3H3;2*4H,1-3H3;1H2,2-3H3;3H,1-2H3,(H,6,7);1-2H3;1H3,(H,5,6);1-2H3;1H3;2*2H,1H3;1H4/b;;;;5-4+;;;;;;;;;. The second kappa shape index (κ2) is 78.4. The van der Waals surface area contributed by atoms with Crippen LogP contribution in [-0.4, -0.2) is 172 Å². The van der Waals surface area contributed by atoms with E-state index in [1.807, 2.05) is 41.5 Å². The summed E-state index contributed by atoms with van der Waals surface area (Å²) in [4.78, 5) is 113. The summed E-state index contributed by atoms with van der Waals surface area (Å²) in [6, 6.07) is 1.85. The highest BCUT2D eigenvalue weighted by Gasteiger charge is 2.25. The largest absolute Gasteiger partial charge is 0.478 e. The first kappa shape index (κ1) is 107. The van der Waals surface area contributed by atoms with Crippen LogP contribution in [0.5, 0.6) is 0 Å². The van der Waals surface area contributed by atoms with E-state index < -0.39 is 29.5 Å². The summed E-state index contributed by atoms with van der Waals surface area (Å²) in [5.41, 5.74) is 5.51. The summed E-state index contributed by atoms with van der Waals surface area (Å²) < 4.78 is 26.2. The molecule has 0 radical (unpaired) electrons. The zero-order chi connectivity index (χ0) is 70.0. The molecule has 2 aliphatic carbocycles. The van der Waals surface area contributed by atoms with Gasteiger partial charge in [0.1, 0.15) is 5.78 Å². The van der Waals surface area contributed by atoms with Crippen LogP contribution >= 0.6 is 11.6 Å². The molecule has 2 aliphatic rings. The number of hydrogen-bond donors (Lipinski definition) is 4. The first-order chi connectivity index (χ1) is 39.4. The predicted molar refractivity (Wildman–Crippen MR) is 343 cm³/mol. The zero-order valence-electron chi connectivity index (χ0n) is 56.5. The molecular weight excluding hydrogens is 1140 g/mol. The maximum absolute atomic E-state index is 10.7. The summed E-state index contributed by atoms with van der Waals surface area (Å²) >= 11 is 4.64. The van der Waals surface area contributed by atoms with Crippen LogP contribution in [0.15, 0.2) is 69.9 Å². The van der Waals surface area contributed by atoms with Gasteiger partial charge in [-0.1, -0.05) is 80.9 Å². The zero-order valence-corrected chi connectivity index (χ0v) is 57.3. The van der Waals surface area contributed by atoms with E-state index in [9.17, 15) is 52.7 Å². The van der Waals surface area contributed by atoms with Crippen molar-refractivity contribution in [2.75, 3.05) is 69.8 Å². The van der Waals surface area contributed by atoms with Crippen LogP contribution in [0.25, 0.3) is 0 Å². The number of alkyl halides is 1. The molecule has 0 amide bonds. The van der Waals surface area contributed by atoms with Crippen LogP contribution in [0.1, 0.15) is 189 Å². The smallest absolute Gasteiger partial charge is 0.374 e. The number of ether oxygens (including phenoxy) is 6. The monoisotopic (exact) mass is 1260 g/mol. The third-order valence-corrected chi connectivity index (χ3v) is 9.50. The molecule has 2 rings (SSSR count). The Bertz CT molecular complexity index is 1930. The Balaban J connectivity index is -0.0000000709. The summed E-state index contributed by atoms with van der Waals surface area (Å²) in [7, 11) is 11.0. The van der Waals surface area contributed by atoms with Crippen LogP contribution in [0.4, 0.5) is 0 Å². The number of aliphatic carboxylic acids is 2. The van der Waals surface area contributed by atoms with Crippen molar-refractivity contribution in [3.63, 3.8) is 0 Å². The van der Waals surface area contributed by atoms with E-state index in [0.717, 1.165) is 62.4 Å². The van der Waals surface area contributed by atoms with Crippen molar-refractivity contribution in [3.05, 3.63) is 69.9 Å². The molecule has 0 aromatic rings. The van der Waals surface area contributed by atoms with Crippen molar-refractivity contribution in [2.24, 2.45) is 0 Å². The number of carbonyl (C=O) groups excluding carboxylic acids is 9. The number of aliphatic hydroxyl groups is 2. The highest BCUT2D eigenvalue weighted by atomic mass is 35.5. The minimum absolute atomic E-state index is 0. The first-order valence-corrected chi connectivity index (χ1v) is 27.5. The number of nitrogens with zero attached hydrogens (tertiary/aromatic N) is 1. The van der Waals surface area contributed by atoms with Crippen molar-refractivity contribution in [2.45, 2.75) is 201 Å². The average Bonchev–Trinajstić information content (AvgIpc) is 3.49. The SMILES string of the molecule is C.C/C=C(\C)C(=O)OC.C=C(C)C(=O)OC.CC(=O)C(=O)O.CC(C)=CC(=O)O.CC(C)=O.CCOC(=O)C=C(C)C.CCl.CN(C1CCCCC1)C1CCCCC1.CO.CO.COC(=O)C(C)=C(C)C.COC(=O)C(C)=O.COC(=O)C=C(C)C. The van der Waals surface area contributed by atoms with Crippen molar-refractivity contribution in [1.29, 1.82) is 0 Å². The molecule has 0 bridgehead atoms. The molecule has 506 valence electrons. The van der Waals surface area contributed by atoms with E-state index in [4.69, 9.17) is 20.4 Å². The minimum Gasteiger partial charge on any atom is -0.478 e. The highest BCUT2D eigenvalue weighted by Crippen LogP contribution is 2.28. The average molecular weight is 1260 g/mol. The molecule has 2 fully saturated rings. The van der Waals surface area contributed by atoms with Crippen LogP contribution in [0, 0.1) is 0 Å². The Kier molecular flexibility index (Phi) is 97.9. The number of aliphatic hydroxyl groups excluding tert-OH is 2. The topological polar surface area (TPSA) is 327 Å². The van der Waals surface area contributed by atoms with Crippen molar-refractivity contribution >= 4 is 76.7 Å². The fourth-order valence-electron chi connectivity index (χ4n) is 5.19. The molecule has 0 saturated heterocycles. The van der Waals surface area contributed by atoms with Gasteiger partial charge in [-0.15, -0.1) is 11.6 Å². The number of carboxylic acids is 2. The van der Waals surface area contributed by atoms with E-state index >= 15 is 0 Å². The van der Waals surface area contributed by atoms with Gasteiger partial charge in [-0.2, -0.15) is 0 Å². The fourth-order valence-corrected chi connectivity index (χ4v) is 5.19. The lowest BCUT2D eigenvalue weighted by Crippen LogP contribution is -2.42. The normalized spacial score (nSPS) is 10.8. The van der Waals surface area contributed by atoms with E-state index in [1.165, 1.54) is 138 Å². The van der Waals surface area contributed by atoms with E-state index in [-0.39, 0.29) is 43.1 Å². The Morgan fingerprint density at radius 3 is 0.930 bits per heavy atom. The van der Waals surface area contributed by atoms with Gasteiger partial charge in [0.2, 0.25) is 11.6 Å². The fraction of sp³-hybridized carbons (Fsp3) is 0.635. The second-order valence-corrected chi connectivity index (χ2v) is 18.2. The summed E-state index contributed by atoms with van der Waals surface area (Å²) in [6.45, 7) is 32.3. The van der Waals surface area contributed by atoms with Gasteiger partial charge >= 0.3 is 47.8 Å². The van der Waals surface area contributed by atoms with Gasteiger partial charge in [-0.05, 0) is 137 Å². The molecule has 0 unspecified atom stereocenters. The lowest BCUT2D eigenvalue weighted by molar-refractivity contribution is -0.150. The van der Waals surface area contributed by atoms with E-state index in [2.05, 4.69) is 58.5 Å². The van der Waals surface area contributed by atoms with Gasteiger partial charge in [-0.3, -0.25) is 9.59 Å². The third kappa shape index (κ3) is 96.5. The number of methoxy groups -OCH3 is 5. The highest BCUT2D eigenvalue weighted by molar-refractivity contribution is 6.32. The molecule has 0 atom stereocenters. The number of rotatable bonds is 11. The van der Waals surface area contributed by atoms with Crippen molar-refractivity contribution in [1.82, 2.24) is 4.90 Å². The molecule has 22 nitrogen and oxygen atoms in total. The lowest BCUT2D eigenvalue weighted by Gasteiger charge is -2.39. The van der Waals surface area contributed by atoms with Crippen molar-refractivity contribution < 1.29 is 102 Å². The van der Waals surface area contributed by atoms with Crippen LogP contribution in [-0.2, 0) is 81.2 Å². The van der Waals surface area contributed by atoms with Gasteiger partial charge in [0.05, 0.1) is 42.2 Å². The van der Waals surface area contributed by atoms with Gasteiger partial charge in [-0.25, -0.2) is 38.4 Å².